The summed E-state index contributed by atoms with van der Waals surface area (Å²) in [5.41, 5.74) is 7.17. The number of rotatable bonds is 6. The van der Waals surface area contributed by atoms with Crippen molar-refractivity contribution in [2.75, 3.05) is 13.1 Å². The number of aliphatic carboxylic acids is 1. The standard InChI is InChI=1S/C24H25NO3.C13H14O/c26-24(27)21-14-25(15-21)13-16-5-7-18(8-6-16)23-12-20-11-19(9-10-22(20)28-23)17-3-1-2-4-17;1-2-4-10(3-1)11-5-6-13-12(9-11)7-8-14-13/h5-12,17,21H,1-4,13-15H2,(H,26,27);5-10H,1-4H2. The minimum atomic E-state index is -0.687. The molecule has 3 heterocycles. The highest BCUT2D eigenvalue weighted by atomic mass is 16.4. The highest BCUT2D eigenvalue weighted by Crippen LogP contribution is 2.37. The summed E-state index contributed by atoms with van der Waals surface area (Å²) < 4.78 is 11.4. The van der Waals surface area contributed by atoms with Gasteiger partial charge in [0, 0.05) is 36.0 Å². The van der Waals surface area contributed by atoms with Crippen LogP contribution in [0.1, 0.15) is 79.9 Å². The Hall–Kier alpha value is -3.83. The normalized spacial score (nSPS) is 18.4. The number of benzene rings is 3. The third-order valence-corrected chi connectivity index (χ3v) is 9.62. The first-order valence-electron chi connectivity index (χ1n) is 15.6. The number of carbonyl (C=O) groups is 1. The number of carboxylic acid groups (broad SMARTS) is 1. The molecule has 2 saturated carbocycles. The molecular formula is C37H39NO4. The third kappa shape index (κ3) is 5.76. The van der Waals surface area contributed by atoms with Crippen molar-refractivity contribution in [2.24, 2.45) is 5.92 Å². The van der Waals surface area contributed by atoms with E-state index >= 15 is 0 Å². The molecule has 3 fully saturated rings. The Labute approximate surface area is 247 Å². The summed E-state index contributed by atoms with van der Waals surface area (Å²) in [6.07, 6.45) is 12.6. The minimum absolute atomic E-state index is 0.205. The number of likely N-dealkylation sites (tertiary alicyclic amines) is 1. The third-order valence-electron chi connectivity index (χ3n) is 9.62. The van der Waals surface area contributed by atoms with Crippen LogP contribution in [-0.2, 0) is 11.3 Å². The Morgan fingerprint density at radius 2 is 1.36 bits per heavy atom. The average Bonchev–Trinajstić information content (AvgIpc) is 3.80. The van der Waals surface area contributed by atoms with Crippen LogP contribution < -0.4 is 0 Å². The summed E-state index contributed by atoms with van der Waals surface area (Å²) in [7, 11) is 0. The molecule has 8 rings (SSSR count). The Balaban J connectivity index is 0.000000171. The molecule has 0 radical (unpaired) electrons. The van der Waals surface area contributed by atoms with Gasteiger partial charge in [0.1, 0.15) is 16.9 Å². The van der Waals surface area contributed by atoms with Crippen molar-refractivity contribution < 1.29 is 18.7 Å². The quantitative estimate of drug-likeness (QED) is 0.224. The fourth-order valence-corrected chi connectivity index (χ4v) is 7.10. The summed E-state index contributed by atoms with van der Waals surface area (Å²) in [6.45, 7) is 2.09. The maximum atomic E-state index is 10.9. The van der Waals surface area contributed by atoms with Crippen molar-refractivity contribution in [3.8, 4) is 11.3 Å². The predicted octanol–water partition coefficient (Wildman–Crippen LogP) is 9.36. The number of furan rings is 2. The van der Waals surface area contributed by atoms with E-state index in [0.717, 1.165) is 35.0 Å². The van der Waals surface area contributed by atoms with Gasteiger partial charge in [-0.3, -0.25) is 9.69 Å². The van der Waals surface area contributed by atoms with E-state index in [2.05, 4.69) is 71.6 Å². The van der Waals surface area contributed by atoms with Gasteiger partial charge in [-0.15, -0.1) is 0 Å². The Bertz CT molecular complexity index is 1660. The molecule has 3 aliphatic rings. The van der Waals surface area contributed by atoms with Gasteiger partial charge in [-0.2, -0.15) is 0 Å². The van der Waals surface area contributed by atoms with Crippen LogP contribution in [0.5, 0.6) is 0 Å². The summed E-state index contributed by atoms with van der Waals surface area (Å²) in [5, 5.41) is 11.4. The van der Waals surface area contributed by atoms with Crippen LogP contribution in [0.25, 0.3) is 33.3 Å². The number of fused-ring (bicyclic) bond motifs is 2. The zero-order valence-electron chi connectivity index (χ0n) is 24.1. The second-order valence-corrected chi connectivity index (χ2v) is 12.5. The van der Waals surface area contributed by atoms with Gasteiger partial charge >= 0.3 is 5.97 Å². The van der Waals surface area contributed by atoms with Gasteiger partial charge < -0.3 is 13.9 Å². The number of hydrogen-bond donors (Lipinski definition) is 1. The zero-order chi connectivity index (χ0) is 28.5. The zero-order valence-corrected chi connectivity index (χ0v) is 24.1. The van der Waals surface area contributed by atoms with Crippen LogP contribution in [-0.4, -0.2) is 29.1 Å². The van der Waals surface area contributed by atoms with E-state index in [4.69, 9.17) is 13.9 Å². The van der Waals surface area contributed by atoms with Crippen molar-refractivity contribution in [3.05, 3.63) is 95.7 Å². The van der Waals surface area contributed by atoms with Crippen LogP contribution in [0.15, 0.2) is 87.9 Å². The Morgan fingerprint density at radius 3 is 2.00 bits per heavy atom. The lowest BCUT2D eigenvalue weighted by atomic mass is 9.96. The van der Waals surface area contributed by atoms with Crippen molar-refractivity contribution in [1.82, 2.24) is 4.90 Å². The molecule has 0 spiro atoms. The van der Waals surface area contributed by atoms with E-state index < -0.39 is 5.97 Å². The van der Waals surface area contributed by atoms with Crippen molar-refractivity contribution >= 4 is 27.9 Å². The van der Waals surface area contributed by atoms with Crippen LogP contribution in [0, 0.1) is 5.92 Å². The smallest absolute Gasteiger partial charge is 0.309 e. The maximum Gasteiger partial charge on any atom is 0.309 e. The molecule has 0 atom stereocenters. The lowest BCUT2D eigenvalue weighted by molar-refractivity contribution is -0.147. The van der Waals surface area contributed by atoms with Gasteiger partial charge in [-0.1, -0.05) is 62.1 Å². The molecule has 42 heavy (non-hydrogen) atoms. The van der Waals surface area contributed by atoms with Crippen LogP contribution in [0.2, 0.25) is 0 Å². The molecule has 2 aromatic heterocycles. The first-order chi connectivity index (χ1) is 20.6. The molecule has 2 aliphatic carbocycles. The number of hydrogen-bond acceptors (Lipinski definition) is 4. The summed E-state index contributed by atoms with van der Waals surface area (Å²) in [4.78, 5) is 13.1. The van der Waals surface area contributed by atoms with Crippen LogP contribution >= 0.6 is 0 Å². The fraction of sp³-hybridized carbons (Fsp3) is 0.378. The summed E-state index contributed by atoms with van der Waals surface area (Å²) >= 11 is 0. The molecule has 3 aromatic carbocycles. The van der Waals surface area contributed by atoms with Gasteiger partial charge in [-0.05, 0) is 90.6 Å². The molecular weight excluding hydrogens is 522 g/mol. The number of nitrogens with zero attached hydrogens (tertiary/aromatic N) is 1. The van der Waals surface area contributed by atoms with E-state index in [1.807, 2.05) is 6.07 Å². The molecule has 0 bridgehead atoms. The van der Waals surface area contributed by atoms with Crippen molar-refractivity contribution in [2.45, 2.75) is 69.7 Å². The topological polar surface area (TPSA) is 66.8 Å². The number of carboxylic acids is 1. The highest BCUT2D eigenvalue weighted by molar-refractivity contribution is 5.83. The average molecular weight is 562 g/mol. The van der Waals surface area contributed by atoms with E-state index in [-0.39, 0.29) is 5.92 Å². The first-order valence-corrected chi connectivity index (χ1v) is 15.6. The fourth-order valence-electron chi connectivity index (χ4n) is 7.10. The van der Waals surface area contributed by atoms with Crippen molar-refractivity contribution in [3.63, 3.8) is 0 Å². The SMILES string of the molecule is O=C(O)C1CN(Cc2ccc(-c3cc4cc(C5CCCC5)ccc4o3)cc2)C1.c1cc2cc(C3CCCC3)ccc2o1. The minimum Gasteiger partial charge on any atom is -0.481 e. The molecule has 1 N–H and O–H groups in total. The van der Waals surface area contributed by atoms with E-state index in [1.54, 1.807) is 6.26 Å². The molecule has 5 aromatic rings. The largest absolute Gasteiger partial charge is 0.481 e. The van der Waals surface area contributed by atoms with Gasteiger partial charge in [0.25, 0.3) is 0 Å². The molecule has 5 nitrogen and oxygen atoms in total. The maximum absolute atomic E-state index is 10.9. The molecule has 1 aliphatic heterocycles. The van der Waals surface area contributed by atoms with Gasteiger partial charge in [0.05, 0.1) is 12.2 Å². The summed E-state index contributed by atoms with van der Waals surface area (Å²) in [5.74, 6) is 1.52. The highest BCUT2D eigenvalue weighted by Gasteiger charge is 2.32. The lowest BCUT2D eigenvalue weighted by Gasteiger charge is -2.36. The first kappa shape index (κ1) is 27.0. The van der Waals surface area contributed by atoms with Crippen LogP contribution in [0.4, 0.5) is 0 Å². The second-order valence-electron chi connectivity index (χ2n) is 12.5. The molecule has 0 amide bonds. The Morgan fingerprint density at radius 1 is 0.738 bits per heavy atom. The molecule has 1 saturated heterocycles. The second kappa shape index (κ2) is 11.8. The Kier molecular flexibility index (Phi) is 7.60. The lowest BCUT2D eigenvalue weighted by Crippen LogP contribution is -2.49. The van der Waals surface area contributed by atoms with E-state index in [9.17, 15) is 4.79 Å². The van der Waals surface area contributed by atoms with Gasteiger partial charge in [0.15, 0.2) is 0 Å². The molecule has 5 heteroatoms. The summed E-state index contributed by atoms with van der Waals surface area (Å²) in [6, 6.07) is 25.9. The monoisotopic (exact) mass is 561 g/mol. The van der Waals surface area contributed by atoms with E-state index in [1.165, 1.54) is 78.8 Å². The van der Waals surface area contributed by atoms with Gasteiger partial charge in [-0.25, -0.2) is 0 Å². The predicted molar refractivity (Wildman–Crippen MR) is 167 cm³/mol. The molecule has 0 unspecified atom stereocenters. The van der Waals surface area contributed by atoms with E-state index in [0.29, 0.717) is 19.0 Å². The van der Waals surface area contributed by atoms with Gasteiger partial charge in [0.2, 0.25) is 0 Å². The molecule has 216 valence electrons. The van der Waals surface area contributed by atoms with Crippen molar-refractivity contribution in [1.29, 1.82) is 0 Å². The van der Waals surface area contributed by atoms with Crippen LogP contribution in [0.3, 0.4) is 0 Å².